The number of para-hydroxylation sites is 3. The fourth-order valence-corrected chi connectivity index (χ4v) is 11.8. The van der Waals surface area contributed by atoms with Crippen LogP contribution in [-0.2, 0) is 0 Å². The molecule has 0 amide bonds. The zero-order valence-corrected chi connectivity index (χ0v) is 33.1. The van der Waals surface area contributed by atoms with Crippen LogP contribution >= 0.6 is 22.7 Å². The summed E-state index contributed by atoms with van der Waals surface area (Å²) in [6, 6.07) is 65.2. The Labute approximate surface area is 345 Å². The van der Waals surface area contributed by atoms with E-state index in [1.54, 1.807) is 0 Å². The summed E-state index contributed by atoms with van der Waals surface area (Å²) in [7, 11) is 0. The molecule has 6 heteroatoms. The molecule has 0 atom stereocenters. The maximum absolute atomic E-state index is 5.56. The van der Waals surface area contributed by atoms with E-state index < -0.39 is 0 Å². The molecule has 4 heterocycles. The molecule has 0 N–H and O–H groups in total. The topological polar surface area (TPSA) is 43.6 Å². The first-order chi connectivity index (χ1) is 29.3. The Bertz CT molecular complexity index is 3650. The third kappa shape index (κ3) is 4.85. The second-order valence-corrected chi connectivity index (χ2v) is 17.2. The van der Waals surface area contributed by atoms with Gasteiger partial charge in [-0.15, -0.1) is 22.7 Å². The van der Waals surface area contributed by atoms with Crippen LogP contribution in [0.3, 0.4) is 0 Å². The number of rotatable bonds is 4. The normalized spacial score (nSPS) is 12.1. The summed E-state index contributed by atoms with van der Waals surface area (Å²) in [5.41, 5.74) is 6.23. The number of aromatic nitrogens is 4. The fourth-order valence-electron chi connectivity index (χ4n) is 9.25. The molecule has 0 spiro atoms. The van der Waals surface area contributed by atoms with Gasteiger partial charge in [0.25, 0.3) is 0 Å². The van der Waals surface area contributed by atoms with Gasteiger partial charge in [0.05, 0.1) is 16.7 Å². The van der Waals surface area contributed by atoms with Crippen molar-refractivity contribution >= 4 is 106 Å². The molecule has 0 saturated heterocycles. The average Bonchev–Trinajstić information content (AvgIpc) is 3.99. The molecule has 4 aromatic heterocycles. The first-order valence-corrected chi connectivity index (χ1v) is 21.4. The maximum atomic E-state index is 5.56. The standard InChI is InChI=1S/C53H30N4S2/c1-3-17-33-31(15-1)29-40(47-38-22-8-13-27-45(38)58-49(33)47)52-54-51(37-21-7-12-26-44(37)57-42-24-10-5-19-35(42)36-20-6-11-25-43(36)57)55-53(56-52)41-30-32-16-2-4-18-34(32)50-48(41)39-23-9-14-28-46(39)59-50/h1-30H. The van der Waals surface area contributed by atoms with Crippen LogP contribution in [0, 0.1) is 0 Å². The Morgan fingerprint density at radius 1 is 0.339 bits per heavy atom. The average molecular weight is 787 g/mol. The summed E-state index contributed by atoms with van der Waals surface area (Å²) in [6.45, 7) is 0. The molecule has 274 valence electrons. The Kier molecular flexibility index (Phi) is 7.02. The zero-order valence-electron chi connectivity index (χ0n) is 31.4. The summed E-state index contributed by atoms with van der Waals surface area (Å²) < 4.78 is 7.33. The number of benzene rings is 9. The first-order valence-electron chi connectivity index (χ1n) is 19.8. The van der Waals surface area contributed by atoms with Gasteiger partial charge in [0.15, 0.2) is 17.5 Å². The first kappa shape index (κ1) is 32.8. The number of hydrogen-bond acceptors (Lipinski definition) is 5. The van der Waals surface area contributed by atoms with Crippen molar-refractivity contribution in [3.05, 3.63) is 182 Å². The molecule has 0 aliphatic heterocycles. The Hall–Kier alpha value is -7.25. The monoisotopic (exact) mass is 786 g/mol. The van der Waals surface area contributed by atoms with Crippen LogP contribution in [0.1, 0.15) is 0 Å². The fraction of sp³-hybridized carbons (Fsp3) is 0. The van der Waals surface area contributed by atoms with Gasteiger partial charge in [0.2, 0.25) is 0 Å². The molecule has 13 aromatic rings. The minimum absolute atomic E-state index is 0.629. The largest absolute Gasteiger partial charge is 0.309 e. The van der Waals surface area contributed by atoms with Crippen LogP contribution in [0.4, 0.5) is 0 Å². The smallest absolute Gasteiger partial charge is 0.166 e. The lowest BCUT2D eigenvalue weighted by Crippen LogP contribution is -2.04. The van der Waals surface area contributed by atoms with Crippen LogP contribution < -0.4 is 0 Å². The summed E-state index contributed by atoms with van der Waals surface area (Å²) in [5, 5.41) is 12.0. The molecule has 0 aliphatic rings. The van der Waals surface area contributed by atoms with Crippen molar-refractivity contribution in [3.8, 4) is 39.9 Å². The number of hydrogen-bond donors (Lipinski definition) is 0. The van der Waals surface area contributed by atoms with E-state index >= 15 is 0 Å². The summed E-state index contributed by atoms with van der Waals surface area (Å²) >= 11 is 3.67. The van der Waals surface area contributed by atoms with E-state index in [0.29, 0.717) is 17.5 Å². The lowest BCUT2D eigenvalue weighted by Gasteiger charge is -2.15. The quantitative estimate of drug-likeness (QED) is 0.178. The van der Waals surface area contributed by atoms with Gasteiger partial charge < -0.3 is 4.57 Å². The molecule has 0 fully saturated rings. The molecular weight excluding hydrogens is 757 g/mol. The Balaban J connectivity index is 1.18. The highest BCUT2D eigenvalue weighted by Crippen LogP contribution is 2.47. The van der Waals surface area contributed by atoms with E-state index in [1.807, 2.05) is 22.7 Å². The highest BCUT2D eigenvalue weighted by atomic mass is 32.1. The highest BCUT2D eigenvalue weighted by Gasteiger charge is 2.24. The van der Waals surface area contributed by atoms with Gasteiger partial charge in [0, 0.05) is 67.8 Å². The third-order valence-electron chi connectivity index (χ3n) is 11.8. The van der Waals surface area contributed by atoms with Crippen LogP contribution in [0.25, 0.3) is 124 Å². The molecule has 0 saturated carbocycles. The van der Waals surface area contributed by atoms with E-state index in [0.717, 1.165) is 44.2 Å². The van der Waals surface area contributed by atoms with Crippen LogP contribution in [-0.4, -0.2) is 19.5 Å². The van der Waals surface area contributed by atoms with Gasteiger partial charge in [0.1, 0.15) is 0 Å². The minimum Gasteiger partial charge on any atom is -0.309 e. The number of nitrogens with zero attached hydrogens (tertiary/aromatic N) is 4. The van der Waals surface area contributed by atoms with Crippen molar-refractivity contribution in [1.29, 1.82) is 0 Å². The van der Waals surface area contributed by atoms with E-state index in [1.165, 1.54) is 61.9 Å². The second kappa shape index (κ2) is 12.6. The molecule has 59 heavy (non-hydrogen) atoms. The van der Waals surface area contributed by atoms with Gasteiger partial charge in [-0.1, -0.05) is 133 Å². The predicted octanol–water partition coefficient (Wildman–Crippen LogP) is 15.0. The van der Waals surface area contributed by atoms with Gasteiger partial charge in [-0.2, -0.15) is 0 Å². The van der Waals surface area contributed by atoms with Crippen molar-refractivity contribution in [2.45, 2.75) is 0 Å². The van der Waals surface area contributed by atoms with E-state index in [9.17, 15) is 0 Å². The van der Waals surface area contributed by atoms with Crippen LogP contribution in [0.15, 0.2) is 182 Å². The summed E-state index contributed by atoms with van der Waals surface area (Å²) in [4.78, 5) is 16.6. The van der Waals surface area contributed by atoms with Crippen molar-refractivity contribution < 1.29 is 0 Å². The molecule has 0 radical (unpaired) electrons. The minimum atomic E-state index is 0.629. The van der Waals surface area contributed by atoms with E-state index in [-0.39, 0.29) is 0 Å². The molecule has 0 unspecified atom stereocenters. The van der Waals surface area contributed by atoms with Crippen LogP contribution in [0.5, 0.6) is 0 Å². The lowest BCUT2D eigenvalue weighted by atomic mass is 9.98. The molecule has 0 bridgehead atoms. The zero-order chi connectivity index (χ0) is 38.6. The van der Waals surface area contributed by atoms with Crippen molar-refractivity contribution in [2.75, 3.05) is 0 Å². The van der Waals surface area contributed by atoms with Crippen LogP contribution in [0.2, 0.25) is 0 Å². The van der Waals surface area contributed by atoms with Crippen molar-refractivity contribution in [3.63, 3.8) is 0 Å². The molecule has 13 rings (SSSR count). The summed E-state index contributed by atoms with van der Waals surface area (Å²) in [6.07, 6.45) is 0. The second-order valence-electron chi connectivity index (χ2n) is 15.1. The number of fused-ring (bicyclic) bond motifs is 13. The highest BCUT2D eigenvalue weighted by molar-refractivity contribution is 7.27. The molecule has 4 nitrogen and oxygen atoms in total. The summed E-state index contributed by atoms with van der Waals surface area (Å²) in [5.74, 6) is 1.94. The third-order valence-corrected chi connectivity index (χ3v) is 14.2. The SMILES string of the molecule is c1ccc(-n2c3ccccc3c3ccccc32)c(-c2nc(-c3cc4ccccc4c4sc5ccccc5c34)nc(-c3cc4ccccc4c4sc5ccccc5c34)n2)c1. The van der Waals surface area contributed by atoms with E-state index in [4.69, 9.17) is 15.0 Å². The molecule has 9 aromatic carbocycles. The molecule has 0 aliphatic carbocycles. The lowest BCUT2D eigenvalue weighted by molar-refractivity contribution is 1.07. The van der Waals surface area contributed by atoms with Crippen molar-refractivity contribution in [2.24, 2.45) is 0 Å². The van der Waals surface area contributed by atoms with Gasteiger partial charge in [-0.3, -0.25) is 0 Å². The van der Waals surface area contributed by atoms with Gasteiger partial charge in [-0.25, -0.2) is 15.0 Å². The Morgan fingerprint density at radius 3 is 1.25 bits per heavy atom. The van der Waals surface area contributed by atoms with Crippen molar-refractivity contribution in [1.82, 2.24) is 19.5 Å². The van der Waals surface area contributed by atoms with Gasteiger partial charge in [-0.05, 0) is 70.1 Å². The number of thiophene rings is 2. The predicted molar refractivity (Wildman–Crippen MR) is 251 cm³/mol. The van der Waals surface area contributed by atoms with Gasteiger partial charge >= 0.3 is 0 Å². The maximum Gasteiger partial charge on any atom is 0.166 e. The van der Waals surface area contributed by atoms with E-state index in [2.05, 4.69) is 187 Å². The molecular formula is C53H30N4S2. The Morgan fingerprint density at radius 2 is 0.729 bits per heavy atom.